The van der Waals surface area contributed by atoms with E-state index in [1.54, 1.807) is 6.07 Å². The van der Waals surface area contributed by atoms with E-state index in [4.69, 9.17) is 11.6 Å². The van der Waals surface area contributed by atoms with Gasteiger partial charge in [0.05, 0.1) is 11.0 Å². The summed E-state index contributed by atoms with van der Waals surface area (Å²) in [5.74, 6) is 1.36. The number of nitrogens with zero attached hydrogens (tertiary/aromatic N) is 2. The van der Waals surface area contributed by atoms with Crippen LogP contribution in [0.5, 0.6) is 0 Å². The summed E-state index contributed by atoms with van der Waals surface area (Å²) in [6.07, 6.45) is 5.79. The maximum atomic E-state index is 13.8. The van der Waals surface area contributed by atoms with E-state index in [2.05, 4.69) is 16.5 Å². The molecule has 21 heavy (non-hydrogen) atoms. The minimum Gasteiger partial charge on any atom is -0.327 e. The van der Waals surface area contributed by atoms with Crippen molar-refractivity contribution in [2.24, 2.45) is 5.41 Å². The zero-order chi connectivity index (χ0) is 15.0. The molecule has 114 valence electrons. The number of benzene rings is 1. The largest absolute Gasteiger partial charge is 0.327 e. The quantitative estimate of drug-likeness (QED) is 0.698. The average Bonchev–Trinajstić information content (AvgIpc) is 3.13. The number of rotatable bonds is 6. The molecule has 2 aromatic rings. The van der Waals surface area contributed by atoms with Gasteiger partial charge in [-0.3, -0.25) is 0 Å². The Labute approximate surface area is 130 Å². The zero-order valence-electron chi connectivity index (χ0n) is 12.8. The minimum atomic E-state index is -0.181. The highest BCUT2D eigenvalue weighted by Crippen LogP contribution is 2.51. The third-order valence-electron chi connectivity index (χ3n) is 4.66. The van der Waals surface area contributed by atoms with E-state index in [0.29, 0.717) is 16.9 Å². The SMILES string of the molecule is CCCC1(Cn2c(CCCl)nc3cc(F)c(C)cc32)CC1. The standard InChI is InChI=1S/C17H22ClFN2/c1-3-5-17(6-7-17)11-21-15-9-12(2)13(19)10-14(15)20-16(21)4-8-18/h9-10H,3-8,11H2,1-2H3. The van der Waals surface area contributed by atoms with Gasteiger partial charge in [-0.1, -0.05) is 13.3 Å². The highest BCUT2D eigenvalue weighted by atomic mass is 35.5. The van der Waals surface area contributed by atoms with Gasteiger partial charge in [0, 0.05) is 24.9 Å². The van der Waals surface area contributed by atoms with Crippen LogP contribution in [0.3, 0.4) is 0 Å². The molecule has 1 saturated carbocycles. The van der Waals surface area contributed by atoms with Gasteiger partial charge in [0.25, 0.3) is 0 Å². The minimum absolute atomic E-state index is 0.181. The summed E-state index contributed by atoms with van der Waals surface area (Å²) in [6.45, 7) is 5.05. The predicted molar refractivity (Wildman–Crippen MR) is 85.4 cm³/mol. The second kappa shape index (κ2) is 5.60. The Balaban J connectivity index is 2.05. The van der Waals surface area contributed by atoms with Crippen molar-refractivity contribution < 1.29 is 4.39 Å². The first-order valence-corrected chi connectivity index (χ1v) is 8.33. The maximum absolute atomic E-state index is 13.8. The van der Waals surface area contributed by atoms with E-state index < -0.39 is 0 Å². The predicted octanol–water partition coefficient (Wildman–Crippen LogP) is 4.85. The Kier molecular flexibility index (Phi) is 3.96. The van der Waals surface area contributed by atoms with Crippen LogP contribution in [0, 0.1) is 18.2 Å². The second-order valence-corrected chi connectivity index (χ2v) is 6.77. The van der Waals surface area contributed by atoms with Gasteiger partial charge in [-0.2, -0.15) is 0 Å². The summed E-state index contributed by atoms with van der Waals surface area (Å²) in [6, 6.07) is 3.48. The number of hydrogen-bond donors (Lipinski definition) is 0. The topological polar surface area (TPSA) is 17.8 Å². The van der Waals surface area contributed by atoms with Crippen LogP contribution in [0.15, 0.2) is 12.1 Å². The molecular formula is C17H22ClFN2. The molecule has 1 aromatic carbocycles. The summed E-state index contributed by atoms with van der Waals surface area (Å²) >= 11 is 5.92. The number of hydrogen-bond acceptors (Lipinski definition) is 1. The van der Waals surface area contributed by atoms with E-state index in [0.717, 1.165) is 29.8 Å². The molecule has 1 aliphatic carbocycles. The van der Waals surface area contributed by atoms with Crippen molar-refractivity contribution in [3.8, 4) is 0 Å². The fraction of sp³-hybridized carbons (Fsp3) is 0.588. The number of imidazole rings is 1. The second-order valence-electron chi connectivity index (χ2n) is 6.39. The summed E-state index contributed by atoms with van der Waals surface area (Å²) in [5, 5.41) is 0. The molecule has 1 heterocycles. The highest BCUT2D eigenvalue weighted by molar-refractivity contribution is 6.17. The van der Waals surface area contributed by atoms with E-state index in [-0.39, 0.29) is 5.82 Å². The number of halogens is 2. The Hall–Kier alpha value is -1.09. The van der Waals surface area contributed by atoms with Crippen LogP contribution >= 0.6 is 11.6 Å². The molecule has 0 atom stereocenters. The molecule has 0 amide bonds. The summed E-state index contributed by atoms with van der Waals surface area (Å²) in [7, 11) is 0. The van der Waals surface area contributed by atoms with Crippen LogP contribution in [-0.4, -0.2) is 15.4 Å². The number of aryl methyl sites for hydroxylation is 2. The molecule has 1 fully saturated rings. The van der Waals surface area contributed by atoms with Gasteiger partial charge in [0.2, 0.25) is 0 Å². The van der Waals surface area contributed by atoms with Crippen LogP contribution < -0.4 is 0 Å². The van der Waals surface area contributed by atoms with E-state index in [9.17, 15) is 4.39 Å². The van der Waals surface area contributed by atoms with Gasteiger partial charge in [-0.25, -0.2) is 9.37 Å². The first kappa shape index (κ1) is 14.8. The van der Waals surface area contributed by atoms with Crippen LogP contribution in [0.4, 0.5) is 4.39 Å². The molecule has 3 rings (SSSR count). The van der Waals surface area contributed by atoms with Crippen molar-refractivity contribution in [3.05, 3.63) is 29.3 Å². The monoisotopic (exact) mass is 308 g/mol. The fourth-order valence-corrected chi connectivity index (χ4v) is 3.45. The summed E-state index contributed by atoms with van der Waals surface area (Å²) in [5.41, 5.74) is 2.93. The third-order valence-corrected chi connectivity index (χ3v) is 4.85. The van der Waals surface area contributed by atoms with Gasteiger partial charge in [0.1, 0.15) is 11.6 Å². The average molecular weight is 309 g/mol. The zero-order valence-corrected chi connectivity index (χ0v) is 13.5. The fourth-order valence-electron chi connectivity index (χ4n) is 3.28. The molecule has 0 bridgehead atoms. The molecule has 0 spiro atoms. The van der Waals surface area contributed by atoms with Gasteiger partial charge in [-0.15, -0.1) is 11.6 Å². The van der Waals surface area contributed by atoms with Crippen LogP contribution in [0.2, 0.25) is 0 Å². The number of fused-ring (bicyclic) bond motifs is 1. The molecule has 1 aliphatic rings. The molecule has 0 radical (unpaired) electrons. The lowest BCUT2D eigenvalue weighted by molar-refractivity contribution is 0.387. The van der Waals surface area contributed by atoms with E-state index >= 15 is 0 Å². The smallest absolute Gasteiger partial charge is 0.128 e. The van der Waals surface area contributed by atoms with Gasteiger partial charge in [0.15, 0.2) is 0 Å². The van der Waals surface area contributed by atoms with Crippen molar-refractivity contribution in [2.45, 2.75) is 52.5 Å². The third kappa shape index (κ3) is 2.80. The van der Waals surface area contributed by atoms with E-state index in [1.807, 2.05) is 13.0 Å². The van der Waals surface area contributed by atoms with Crippen molar-refractivity contribution in [2.75, 3.05) is 5.88 Å². The Bertz CT molecular complexity index is 658. The first-order chi connectivity index (χ1) is 10.1. The molecule has 0 N–H and O–H groups in total. The lowest BCUT2D eigenvalue weighted by Crippen LogP contribution is -2.14. The van der Waals surface area contributed by atoms with Crippen LogP contribution in [0.1, 0.15) is 44.0 Å². The first-order valence-electron chi connectivity index (χ1n) is 7.80. The molecule has 4 heteroatoms. The Morgan fingerprint density at radius 3 is 2.76 bits per heavy atom. The molecule has 0 saturated heterocycles. The molecular weight excluding hydrogens is 287 g/mol. The van der Waals surface area contributed by atoms with Crippen LogP contribution in [0.25, 0.3) is 11.0 Å². The summed E-state index contributed by atoms with van der Waals surface area (Å²) < 4.78 is 16.1. The summed E-state index contributed by atoms with van der Waals surface area (Å²) in [4.78, 5) is 4.61. The van der Waals surface area contributed by atoms with Gasteiger partial charge < -0.3 is 4.57 Å². The Morgan fingerprint density at radius 1 is 1.38 bits per heavy atom. The van der Waals surface area contributed by atoms with Crippen molar-refractivity contribution in [1.82, 2.24) is 9.55 Å². The highest BCUT2D eigenvalue weighted by Gasteiger charge is 2.42. The van der Waals surface area contributed by atoms with Crippen molar-refractivity contribution in [3.63, 3.8) is 0 Å². The lowest BCUT2D eigenvalue weighted by Gasteiger charge is -2.17. The lowest BCUT2D eigenvalue weighted by atomic mass is 10.0. The Morgan fingerprint density at radius 2 is 2.14 bits per heavy atom. The van der Waals surface area contributed by atoms with Crippen LogP contribution in [-0.2, 0) is 13.0 Å². The van der Waals surface area contributed by atoms with Gasteiger partial charge >= 0.3 is 0 Å². The molecule has 0 aliphatic heterocycles. The molecule has 0 unspecified atom stereocenters. The molecule has 1 aromatic heterocycles. The number of alkyl halides is 1. The van der Waals surface area contributed by atoms with Crippen molar-refractivity contribution >= 4 is 22.6 Å². The normalized spacial score (nSPS) is 16.6. The maximum Gasteiger partial charge on any atom is 0.128 e. The van der Waals surface area contributed by atoms with Gasteiger partial charge in [-0.05, 0) is 43.2 Å². The van der Waals surface area contributed by atoms with E-state index in [1.165, 1.54) is 25.7 Å². The number of aromatic nitrogens is 2. The van der Waals surface area contributed by atoms with Crippen molar-refractivity contribution in [1.29, 1.82) is 0 Å². The molecule has 2 nitrogen and oxygen atoms in total.